The van der Waals surface area contributed by atoms with Gasteiger partial charge in [0.25, 0.3) is 11.8 Å². The first-order chi connectivity index (χ1) is 15.7. The van der Waals surface area contributed by atoms with Crippen LogP contribution in [0.5, 0.6) is 11.5 Å². The molecular weight excluding hydrogens is 404 g/mol. The van der Waals surface area contributed by atoms with E-state index in [1.807, 2.05) is 72.8 Å². The van der Waals surface area contributed by atoms with Gasteiger partial charge in [-0.15, -0.1) is 0 Å². The maximum Gasteiger partial charge on any atom is 0.267 e. The van der Waals surface area contributed by atoms with Crippen LogP contribution in [-0.4, -0.2) is 60.5 Å². The van der Waals surface area contributed by atoms with Crippen LogP contribution in [0.1, 0.15) is 10.4 Å². The van der Waals surface area contributed by atoms with E-state index in [0.29, 0.717) is 43.2 Å². The average molecular weight is 428 g/mol. The number of carbonyl (C=O) groups is 2. The summed E-state index contributed by atoms with van der Waals surface area (Å²) in [6.45, 7) is 2.15. The summed E-state index contributed by atoms with van der Waals surface area (Å²) in [5, 5.41) is 0. The number of amides is 2. The van der Waals surface area contributed by atoms with E-state index < -0.39 is 6.10 Å². The van der Waals surface area contributed by atoms with Gasteiger partial charge < -0.3 is 19.3 Å². The van der Waals surface area contributed by atoms with E-state index in [2.05, 4.69) is 0 Å². The number of nitrogens with zero attached hydrogens (tertiary/aromatic N) is 2. The summed E-state index contributed by atoms with van der Waals surface area (Å²) in [6.07, 6.45) is -0.655. The Morgan fingerprint density at radius 3 is 2.00 bits per heavy atom. The number of rotatable bonds is 3. The molecule has 162 valence electrons. The van der Waals surface area contributed by atoms with E-state index >= 15 is 0 Å². The molecule has 0 radical (unpaired) electrons. The van der Waals surface area contributed by atoms with Crippen molar-refractivity contribution in [2.24, 2.45) is 0 Å². The third-order valence-corrected chi connectivity index (χ3v) is 5.90. The Bertz CT molecular complexity index is 1110. The highest BCUT2D eigenvalue weighted by atomic mass is 16.6. The summed E-state index contributed by atoms with van der Waals surface area (Å²) in [6, 6.07) is 25.1. The van der Waals surface area contributed by atoms with Gasteiger partial charge in [0.1, 0.15) is 6.61 Å². The molecule has 2 aliphatic heterocycles. The topological polar surface area (TPSA) is 59.1 Å². The van der Waals surface area contributed by atoms with E-state index in [1.54, 1.807) is 15.9 Å². The van der Waals surface area contributed by atoms with Crippen molar-refractivity contribution in [1.82, 2.24) is 9.80 Å². The van der Waals surface area contributed by atoms with Gasteiger partial charge in [-0.25, -0.2) is 0 Å². The molecule has 1 atom stereocenters. The van der Waals surface area contributed by atoms with Gasteiger partial charge in [-0.1, -0.05) is 54.6 Å². The fourth-order valence-corrected chi connectivity index (χ4v) is 4.09. The highest BCUT2D eigenvalue weighted by molar-refractivity contribution is 5.95. The van der Waals surface area contributed by atoms with Crippen LogP contribution in [-0.2, 0) is 4.79 Å². The van der Waals surface area contributed by atoms with Crippen LogP contribution in [0, 0.1) is 0 Å². The lowest BCUT2D eigenvalue weighted by atomic mass is 10.0. The highest BCUT2D eigenvalue weighted by Crippen LogP contribution is 2.31. The third kappa shape index (κ3) is 4.04. The van der Waals surface area contributed by atoms with Gasteiger partial charge in [-0.2, -0.15) is 0 Å². The van der Waals surface area contributed by atoms with Crippen molar-refractivity contribution in [3.63, 3.8) is 0 Å². The number of hydrogen-bond donors (Lipinski definition) is 0. The van der Waals surface area contributed by atoms with Crippen molar-refractivity contribution >= 4 is 11.8 Å². The molecule has 0 spiro atoms. The van der Waals surface area contributed by atoms with Crippen LogP contribution >= 0.6 is 0 Å². The Hall–Kier alpha value is -3.80. The first-order valence-corrected chi connectivity index (χ1v) is 10.8. The predicted octanol–water partition coefficient (Wildman–Crippen LogP) is 3.48. The van der Waals surface area contributed by atoms with Crippen LogP contribution in [0.25, 0.3) is 11.1 Å². The lowest BCUT2D eigenvalue weighted by Crippen LogP contribution is -2.55. The molecule has 0 unspecified atom stereocenters. The molecule has 6 heteroatoms. The Labute approximate surface area is 187 Å². The largest absolute Gasteiger partial charge is 0.485 e. The summed E-state index contributed by atoms with van der Waals surface area (Å²) < 4.78 is 11.5. The zero-order valence-electron chi connectivity index (χ0n) is 17.6. The molecule has 0 saturated carbocycles. The van der Waals surface area contributed by atoms with E-state index in [9.17, 15) is 9.59 Å². The highest BCUT2D eigenvalue weighted by Gasteiger charge is 2.33. The molecule has 0 aliphatic carbocycles. The van der Waals surface area contributed by atoms with Gasteiger partial charge in [-0.05, 0) is 35.4 Å². The van der Waals surface area contributed by atoms with Crippen molar-refractivity contribution in [3.05, 3.63) is 84.4 Å². The number of ether oxygens (including phenoxy) is 2. The molecule has 32 heavy (non-hydrogen) atoms. The van der Waals surface area contributed by atoms with Crippen LogP contribution in [0.4, 0.5) is 0 Å². The van der Waals surface area contributed by atoms with Gasteiger partial charge in [0.15, 0.2) is 11.5 Å². The zero-order chi connectivity index (χ0) is 21.9. The average Bonchev–Trinajstić information content (AvgIpc) is 2.88. The second-order valence-electron chi connectivity index (χ2n) is 7.93. The second kappa shape index (κ2) is 8.75. The van der Waals surface area contributed by atoms with Gasteiger partial charge in [0.05, 0.1) is 0 Å². The minimum absolute atomic E-state index is 0.0112. The molecule has 0 N–H and O–H groups in total. The van der Waals surface area contributed by atoms with Crippen LogP contribution in [0.2, 0.25) is 0 Å². The summed E-state index contributed by atoms with van der Waals surface area (Å²) in [5.41, 5.74) is 2.86. The van der Waals surface area contributed by atoms with Crippen molar-refractivity contribution in [1.29, 1.82) is 0 Å². The molecule has 5 rings (SSSR count). The van der Waals surface area contributed by atoms with E-state index in [-0.39, 0.29) is 18.4 Å². The summed E-state index contributed by atoms with van der Waals surface area (Å²) in [4.78, 5) is 29.4. The molecule has 6 nitrogen and oxygen atoms in total. The summed E-state index contributed by atoms with van der Waals surface area (Å²) in [5.74, 6) is 1.14. The molecule has 2 aliphatic rings. The fourth-order valence-electron chi connectivity index (χ4n) is 4.09. The lowest BCUT2D eigenvalue weighted by Gasteiger charge is -2.37. The molecule has 1 saturated heterocycles. The van der Waals surface area contributed by atoms with Gasteiger partial charge in [-0.3, -0.25) is 9.59 Å². The Morgan fingerprint density at radius 2 is 1.28 bits per heavy atom. The molecule has 2 amide bonds. The number of benzene rings is 3. The predicted molar refractivity (Wildman–Crippen MR) is 121 cm³/mol. The van der Waals surface area contributed by atoms with Gasteiger partial charge in [0, 0.05) is 31.7 Å². The van der Waals surface area contributed by atoms with Crippen molar-refractivity contribution < 1.29 is 19.1 Å². The number of hydrogen-bond acceptors (Lipinski definition) is 4. The smallest absolute Gasteiger partial charge is 0.267 e. The number of fused-ring (bicyclic) bond motifs is 1. The first-order valence-electron chi connectivity index (χ1n) is 10.8. The number of para-hydroxylation sites is 2. The first kappa shape index (κ1) is 20.1. The standard InChI is InChI=1S/C26H24N2O4/c29-25(21-12-10-20(11-13-21)19-6-2-1-3-7-19)27-14-16-28(17-15-27)26(30)24-18-31-22-8-4-5-9-23(22)32-24/h1-13,24H,14-18H2/t24-/m1/s1. The molecule has 0 aromatic heterocycles. The van der Waals surface area contributed by atoms with Gasteiger partial charge in [0.2, 0.25) is 6.10 Å². The summed E-state index contributed by atoms with van der Waals surface area (Å²) >= 11 is 0. The SMILES string of the molecule is O=C(c1ccc(-c2ccccc2)cc1)N1CCN(C(=O)[C@H]2COc3ccccc3O2)CC1. The molecular formula is C26H24N2O4. The Balaban J connectivity index is 1.18. The van der Waals surface area contributed by atoms with Crippen molar-refractivity contribution in [2.75, 3.05) is 32.8 Å². The minimum Gasteiger partial charge on any atom is -0.485 e. The van der Waals surface area contributed by atoms with Crippen LogP contribution < -0.4 is 9.47 Å². The molecule has 0 bridgehead atoms. The summed E-state index contributed by atoms with van der Waals surface area (Å²) in [7, 11) is 0. The van der Waals surface area contributed by atoms with E-state index in [4.69, 9.17) is 9.47 Å². The maximum absolute atomic E-state index is 12.9. The molecule has 2 heterocycles. The molecule has 3 aromatic carbocycles. The zero-order valence-corrected chi connectivity index (χ0v) is 17.6. The van der Waals surface area contributed by atoms with E-state index in [1.165, 1.54) is 0 Å². The van der Waals surface area contributed by atoms with Crippen LogP contribution in [0.15, 0.2) is 78.9 Å². The van der Waals surface area contributed by atoms with Crippen molar-refractivity contribution in [3.8, 4) is 22.6 Å². The number of carbonyl (C=O) groups excluding carboxylic acids is 2. The van der Waals surface area contributed by atoms with Gasteiger partial charge >= 0.3 is 0 Å². The minimum atomic E-state index is -0.655. The normalized spacial score (nSPS) is 17.7. The molecule has 3 aromatic rings. The van der Waals surface area contributed by atoms with Crippen LogP contribution in [0.3, 0.4) is 0 Å². The fraction of sp³-hybridized carbons (Fsp3) is 0.231. The third-order valence-electron chi connectivity index (χ3n) is 5.90. The Morgan fingerprint density at radius 1 is 0.688 bits per heavy atom. The van der Waals surface area contributed by atoms with Crippen molar-refractivity contribution in [2.45, 2.75) is 6.10 Å². The van der Waals surface area contributed by atoms with E-state index in [0.717, 1.165) is 11.1 Å². The second-order valence-corrected chi connectivity index (χ2v) is 7.93. The lowest BCUT2D eigenvalue weighted by molar-refractivity contribution is -0.142. The number of piperazine rings is 1. The maximum atomic E-state index is 12.9. The quantitative estimate of drug-likeness (QED) is 0.641. The monoisotopic (exact) mass is 428 g/mol. The molecule has 1 fully saturated rings. The Kier molecular flexibility index (Phi) is 5.50.